The summed E-state index contributed by atoms with van der Waals surface area (Å²) in [7, 11) is 1.64. The predicted octanol–water partition coefficient (Wildman–Crippen LogP) is 2.66. The highest BCUT2D eigenvalue weighted by Gasteiger charge is 2.45. The first kappa shape index (κ1) is 20.9. The van der Waals surface area contributed by atoms with Crippen molar-refractivity contribution in [2.75, 3.05) is 38.2 Å². The van der Waals surface area contributed by atoms with Crippen molar-refractivity contribution in [2.24, 2.45) is 5.92 Å². The van der Waals surface area contributed by atoms with E-state index in [9.17, 15) is 14.4 Å². The number of imide groups is 1. The highest BCUT2D eigenvalue weighted by atomic mass is 16.5. The average molecular weight is 421 g/mol. The molecule has 2 aliphatic heterocycles. The Morgan fingerprint density at radius 2 is 1.42 bits per heavy atom. The average Bonchev–Trinajstić information content (AvgIpc) is 3.04. The first-order chi connectivity index (χ1) is 14.9. The molecule has 0 aliphatic carbocycles. The molecule has 2 aromatic rings. The second kappa shape index (κ2) is 8.41. The van der Waals surface area contributed by atoms with Gasteiger partial charge in [0, 0.05) is 31.9 Å². The molecule has 2 aliphatic rings. The number of carbonyl (C=O) groups excluding carboxylic acids is 3. The second-order valence-corrected chi connectivity index (χ2v) is 8.23. The Balaban J connectivity index is 1.48. The highest BCUT2D eigenvalue weighted by Crippen LogP contribution is 2.28. The molecule has 7 heteroatoms. The lowest BCUT2D eigenvalue weighted by Gasteiger charge is -2.39. The maximum atomic E-state index is 13.4. The number of anilines is 1. The zero-order valence-electron chi connectivity index (χ0n) is 18.1. The zero-order chi connectivity index (χ0) is 22.1. The molecule has 0 saturated carbocycles. The van der Waals surface area contributed by atoms with Crippen LogP contribution in [-0.2, 0) is 4.79 Å². The van der Waals surface area contributed by atoms with Crippen LogP contribution in [0.5, 0.6) is 5.75 Å². The van der Waals surface area contributed by atoms with E-state index in [-0.39, 0.29) is 23.6 Å². The minimum Gasteiger partial charge on any atom is -0.497 e. The molecule has 1 saturated heterocycles. The van der Waals surface area contributed by atoms with Gasteiger partial charge in [-0.1, -0.05) is 26.0 Å². The minimum atomic E-state index is -0.806. The van der Waals surface area contributed by atoms with Gasteiger partial charge in [-0.3, -0.25) is 19.3 Å². The zero-order valence-corrected chi connectivity index (χ0v) is 18.1. The van der Waals surface area contributed by atoms with Crippen LogP contribution < -0.4 is 9.64 Å². The van der Waals surface area contributed by atoms with E-state index in [4.69, 9.17) is 4.74 Å². The number of amides is 3. The Kier molecular flexibility index (Phi) is 5.67. The van der Waals surface area contributed by atoms with Gasteiger partial charge in [0.15, 0.2) is 0 Å². The molecular formula is C24H27N3O4. The van der Waals surface area contributed by atoms with Crippen molar-refractivity contribution in [1.29, 1.82) is 0 Å². The van der Waals surface area contributed by atoms with Gasteiger partial charge in [-0.2, -0.15) is 0 Å². The van der Waals surface area contributed by atoms with Gasteiger partial charge in [-0.15, -0.1) is 0 Å². The fourth-order valence-corrected chi connectivity index (χ4v) is 4.32. The van der Waals surface area contributed by atoms with Gasteiger partial charge in [-0.05, 0) is 42.3 Å². The van der Waals surface area contributed by atoms with Crippen LogP contribution in [-0.4, -0.2) is 66.9 Å². The molecule has 0 bridgehead atoms. The minimum absolute atomic E-state index is 0.168. The number of carbonyl (C=O) groups is 3. The summed E-state index contributed by atoms with van der Waals surface area (Å²) in [6.07, 6.45) is 0. The van der Waals surface area contributed by atoms with Gasteiger partial charge in [-0.25, -0.2) is 0 Å². The third kappa shape index (κ3) is 3.76. The molecule has 0 aromatic heterocycles. The normalized spacial score (nSPS) is 17.2. The molecule has 1 atom stereocenters. The molecule has 0 unspecified atom stereocenters. The number of hydrogen-bond acceptors (Lipinski definition) is 5. The number of hydrogen-bond donors (Lipinski definition) is 0. The van der Waals surface area contributed by atoms with Gasteiger partial charge in [0.2, 0.25) is 5.91 Å². The van der Waals surface area contributed by atoms with Crippen LogP contribution in [0.2, 0.25) is 0 Å². The third-order valence-corrected chi connectivity index (χ3v) is 6.02. The summed E-state index contributed by atoms with van der Waals surface area (Å²) >= 11 is 0. The third-order valence-electron chi connectivity index (χ3n) is 6.02. The molecule has 3 amide bonds. The number of ether oxygens (including phenoxy) is 1. The fraction of sp³-hybridized carbons (Fsp3) is 0.375. The number of fused-ring (bicyclic) bond motifs is 1. The van der Waals surface area contributed by atoms with E-state index in [1.165, 1.54) is 0 Å². The molecule has 1 fully saturated rings. The molecule has 162 valence electrons. The van der Waals surface area contributed by atoms with Gasteiger partial charge < -0.3 is 14.5 Å². The maximum Gasteiger partial charge on any atom is 0.262 e. The Labute approximate surface area is 182 Å². The van der Waals surface area contributed by atoms with E-state index >= 15 is 0 Å². The van der Waals surface area contributed by atoms with Crippen molar-refractivity contribution >= 4 is 23.4 Å². The molecule has 2 aromatic carbocycles. The van der Waals surface area contributed by atoms with Gasteiger partial charge in [0.05, 0.1) is 18.2 Å². The molecule has 0 spiro atoms. The summed E-state index contributed by atoms with van der Waals surface area (Å²) in [5.74, 6) is -0.319. The molecule has 4 rings (SSSR count). The first-order valence-electron chi connectivity index (χ1n) is 10.6. The van der Waals surface area contributed by atoms with Crippen LogP contribution in [0.15, 0.2) is 48.5 Å². The van der Waals surface area contributed by atoms with E-state index in [1.54, 1.807) is 36.3 Å². The van der Waals surface area contributed by atoms with Crippen LogP contribution in [0.3, 0.4) is 0 Å². The van der Waals surface area contributed by atoms with Gasteiger partial charge in [0.25, 0.3) is 11.8 Å². The molecule has 2 heterocycles. The first-order valence-corrected chi connectivity index (χ1v) is 10.6. The topological polar surface area (TPSA) is 70.2 Å². The quantitative estimate of drug-likeness (QED) is 0.695. The van der Waals surface area contributed by atoms with E-state index in [2.05, 4.69) is 4.90 Å². The van der Waals surface area contributed by atoms with Crippen molar-refractivity contribution in [3.8, 4) is 5.75 Å². The van der Waals surface area contributed by atoms with Crippen LogP contribution in [0.4, 0.5) is 5.69 Å². The molecule has 0 radical (unpaired) electrons. The van der Waals surface area contributed by atoms with Crippen molar-refractivity contribution in [3.05, 3.63) is 59.7 Å². The number of methoxy groups -OCH3 is 1. The fourth-order valence-electron chi connectivity index (χ4n) is 4.32. The highest BCUT2D eigenvalue weighted by molar-refractivity contribution is 6.22. The summed E-state index contributed by atoms with van der Waals surface area (Å²) in [6, 6.07) is 13.8. The van der Waals surface area contributed by atoms with E-state index in [1.807, 2.05) is 38.1 Å². The van der Waals surface area contributed by atoms with Crippen LogP contribution in [0.1, 0.15) is 34.6 Å². The molecule has 31 heavy (non-hydrogen) atoms. The van der Waals surface area contributed by atoms with Crippen LogP contribution in [0.25, 0.3) is 0 Å². The van der Waals surface area contributed by atoms with Crippen LogP contribution >= 0.6 is 0 Å². The lowest BCUT2D eigenvalue weighted by atomic mass is 10.0. The van der Waals surface area contributed by atoms with E-state index < -0.39 is 6.04 Å². The molecule has 0 N–H and O–H groups in total. The SMILES string of the molecule is COc1ccc(N2CCN(C(=O)[C@H](C(C)C)N3C(=O)c4ccccc4C3=O)CC2)cc1. The Morgan fingerprint density at radius 3 is 1.90 bits per heavy atom. The largest absolute Gasteiger partial charge is 0.497 e. The summed E-state index contributed by atoms with van der Waals surface area (Å²) in [5.41, 5.74) is 1.82. The molecular weight excluding hydrogens is 394 g/mol. The number of rotatable bonds is 5. The number of benzene rings is 2. The van der Waals surface area contributed by atoms with E-state index in [0.29, 0.717) is 37.3 Å². The Hall–Kier alpha value is -3.35. The van der Waals surface area contributed by atoms with Crippen molar-refractivity contribution < 1.29 is 19.1 Å². The Morgan fingerprint density at radius 1 is 0.871 bits per heavy atom. The summed E-state index contributed by atoms with van der Waals surface area (Å²) in [4.78, 5) is 44.5. The standard InChI is InChI=1S/C24H27N3O4/c1-16(2)21(27-22(28)19-6-4-5-7-20(19)23(27)29)24(30)26-14-12-25(13-15-26)17-8-10-18(31-3)11-9-17/h4-11,16,21H,12-15H2,1-3H3/t21-/m0/s1. The predicted molar refractivity (Wildman–Crippen MR) is 117 cm³/mol. The summed E-state index contributed by atoms with van der Waals surface area (Å²) < 4.78 is 5.21. The second-order valence-electron chi connectivity index (χ2n) is 8.23. The lowest BCUT2D eigenvalue weighted by molar-refractivity contribution is -0.137. The smallest absolute Gasteiger partial charge is 0.262 e. The van der Waals surface area contributed by atoms with Gasteiger partial charge >= 0.3 is 0 Å². The van der Waals surface area contributed by atoms with Gasteiger partial charge in [0.1, 0.15) is 11.8 Å². The summed E-state index contributed by atoms with van der Waals surface area (Å²) in [5, 5.41) is 0. The summed E-state index contributed by atoms with van der Waals surface area (Å²) in [6.45, 7) is 6.20. The van der Waals surface area contributed by atoms with Crippen molar-refractivity contribution in [2.45, 2.75) is 19.9 Å². The number of piperazine rings is 1. The van der Waals surface area contributed by atoms with Crippen LogP contribution in [0, 0.1) is 5.92 Å². The van der Waals surface area contributed by atoms with Crippen molar-refractivity contribution in [3.63, 3.8) is 0 Å². The number of nitrogens with zero attached hydrogens (tertiary/aromatic N) is 3. The Bertz CT molecular complexity index is 959. The molecule has 7 nitrogen and oxygen atoms in total. The monoisotopic (exact) mass is 421 g/mol. The van der Waals surface area contributed by atoms with Crippen molar-refractivity contribution in [1.82, 2.24) is 9.80 Å². The maximum absolute atomic E-state index is 13.4. The van der Waals surface area contributed by atoms with E-state index in [0.717, 1.165) is 16.3 Å². The lowest BCUT2D eigenvalue weighted by Crippen LogP contribution is -2.57.